The minimum atomic E-state index is -0.564. The predicted octanol–water partition coefficient (Wildman–Crippen LogP) is 4.00. The van der Waals surface area contributed by atoms with Gasteiger partial charge in [-0.1, -0.05) is 36.4 Å². The Labute approximate surface area is 148 Å². The number of carbonyl (C=O) groups is 2. The monoisotopic (exact) mass is 336 g/mol. The van der Waals surface area contributed by atoms with Crippen LogP contribution in [0.4, 0.5) is 11.4 Å². The zero-order chi connectivity index (χ0) is 18.0. The molecule has 0 spiro atoms. The summed E-state index contributed by atoms with van der Waals surface area (Å²) >= 11 is 0. The van der Waals surface area contributed by atoms with E-state index in [1.54, 1.807) is 11.8 Å². The molecule has 0 fully saturated rings. The molecule has 0 aromatic heterocycles. The van der Waals surface area contributed by atoms with Crippen LogP contribution in [-0.2, 0) is 16.0 Å². The van der Waals surface area contributed by atoms with Gasteiger partial charge in [-0.05, 0) is 56.4 Å². The number of benzene rings is 2. The lowest BCUT2D eigenvalue weighted by Gasteiger charge is -2.29. The molecule has 1 aliphatic heterocycles. The highest BCUT2D eigenvalue weighted by Crippen LogP contribution is 2.29. The summed E-state index contributed by atoms with van der Waals surface area (Å²) in [7, 11) is 0. The summed E-state index contributed by atoms with van der Waals surface area (Å²) in [5.41, 5.74) is 4.84. The van der Waals surface area contributed by atoms with Gasteiger partial charge in [0.05, 0.1) is 0 Å². The Kier molecular flexibility index (Phi) is 4.88. The zero-order valence-corrected chi connectivity index (χ0v) is 15.0. The van der Waals surface area contributed by atoms with Crippen molar-refractivity contribution < 1.29 is 9.59 Å². The number of fused-ring (bicyclic) bond motifs is 1. The molecule has 1 heterocycles. The van der Waals surface area contributed by atoms with E-state index >= 15 is 0 Å². The van der Waals surface area contributed by atoms with Gasteiger partial charge in [-0.2, -0.15) is 0 Å². The van der Waals surface area contributed by atoms with Gasteiger partial charge >= 0.3 is 0 Å². The third kappa shape index (κ3) is 3.43. The van der Waals surface area contributed by atoms with E-state index in [-0.39, 0.29) is 11.8 Å². The third-order valence-corrected chi connectivity index (χ3v) is 4.85. The molecule has 130 valence electrons. The fraction of sp³-hybridized carbons (Fsp3) is 0.333. The van der Waals surface area contributed by atoms with Crippen LogP contribution in [0.3, 0.4) is 0 Å². The van der Waals surface area contributed by atoms with Gasteiger partial charge in [0.2, 0.25) is 11.8 Å². The largest absolute Gasteiger partial charge is 0.324 e. The topological polar surface area (TPSA) is 49.4 Å². The summed E-state index contributed by atoms with van der Waals surface area (Å²) in [5, 5.41) is 3.01. The number of aryl methyl sites for hydroxylation is 3. The molecular weight excluding hydrogens is 312 g/mol. The fourth-order valence-corrected chi connectivity index (χ4v) is 3.42. The molecule has 1 aliphatic rings. The van der Waals surface area contributed by atoms with E-state index in [0.717, 1.165) is 40.9 Å². The van der Waals surface area contributed by atoms with Crippen LogP contribution in [0.2, 0.25) is 0 Å². The van der Waals surface area contributed by atoms with Crippen molar-refractivity contribution in [3.8, 4) is 0 Å². The van der Waals surface area contributed by atoms with E-state index < -0.39 is 6.04 Å². The van der Waals surface area contributed by atoms with Gasteiger partial charge in [0.1, 0.15) is 6.04 Å². The van der Waals surface area contributed by atoms with Crippen molar-refractivity contribution in [3.63, 3.8) is 0 Å². The Hall–Kier alpha value is -2.62. The van der Waals surface area contributed by atoms with Crippen molar-refractivity contribution >= 4 is 23.2 Å². The number of amides is 2. The molecule has 0 saturated heterocycles. The first-order valence-corrected chi connectivity index (χ1v) is 8.76. The molecule has 1 unspecified atom stereocenters. The Morgan fingerprint density at radius 1 is 1.04 bits per heavy atom. The molecule has 0 bridgehead atoms. The first kappa shape index (κ1) is 17.2. The molecule has 4 heteroatoms. The van der Waals surface area contributed by atoms with Crippen molar-refractivity contribution in [2.45, 2.75) is 46.1 Å². The normalized spacial score (nSPS) is 15.3. The second kappa shape index (κ2) is 7.09. The van der Waals surface area contributed by atoms with Crippen LogP contribution in [0.25, 0.3) is 0 Å². The van der Waals surface area contributed by atoms with E-state index in [0.29, 0.717) is 6.42 Å². The Morgan fingerprint density at radius 2 is 1.72 bits per heavy atom. The maximum Gasteiger partial charge on any atom is 0.247 e. The summed E-state index contributed by atoms with van der Waals surface area (Å²) < 4.78 is 0. The average molecular weight is 336 g/mol. The summed E-state index contributed by atoms with van der Waals surface area (Å²) in [6, 6.07) is 13.2. The first-order valence-electron chi connectivity index (χ1n) is 8.76. The Morgan fingerprint density at radius 3 is 2.44 bits per heavy atom. The van der Waals surface area contributed by atoms with Gasteiger partial charge in [0.15, 0.2) is 0 Å². The van der Waals surface area contributed by atoms with E-state index in [2.05, 4.69) is 5.32 Å². The molecule has 0 radical (unpaired) electrons. The van der Waals surface area contributed by atoms with Gasteiger partial charge in [0.25, 0.3) is 0 Å². The second-order valence-electron chi connectivity index (χ2n) is 6.68. The van der Waals surface area contributed by atoms with Crippen LogP contribution in [-0.4, -0.2) is 17.9 Å². The minimum absolute atomic E-state index is 0.00843. The third-order valence-electron chi connectivity index (χ3n) is 4.85. The number of hydrogen-bond acceptors (Lipinski definition) is 2. The SMILES string of the molecule is Cc1cccc(C)c1NC(=O)C(C)N1C(=O)CCCc2ccccc21. The molecule has 2 aromatic carbocycles. The number of anilines is 2. The average Bonchev–Trinajstić information content (AvgIpc) is 2.75. The lowest BCUT2D eigenvalue weighted by atomic mass is 10.1. The maximum absolute atomic E-state index is 12.9. The number of rotatable bonds is 3. The molecule has 0 saturated carbocycles. The van der Waals surface area contributed by atoms with Crippen molar-refractivity contribution in [1.29, 1.82) is 0 Å². The molecule has 2 aromatic rings. The number of nitrogens with zero attached hydrogens (tertiary/aromatic N) is 1. The lowest BCUT2D eigenvalue weighted by Crippen LogP contribution is -2.45. The predicted molar refractivity (Wildman–Crippen MR) is 101 cm³/mol. The van der Waals surface area contributed by atoms with Crippen LogP contribution in [0.15, 0.2) is 42.5 Å². The van der Waals surface area contributed by atoms with Crippen molar-refractivity contribution in [2.24, 2.45) is 0 Å². The van der Waals surface area contributed by atoms with E-state index in [9.17, 15) is 9.59 Å². The second-order valence-corrected chi connectivity index (χ2v) is 6.68. The standard InChI is InChI=1S/C21H24N2O2/c1-14-8-6-9-15(2)20(14)22-21(25)16(3)23-18-12-5-4-10-17(18)11-7-13-19(23)24/h4-6,8-10,12,16H,7,11,13H2,1-3H3,(H,22,25). The van der Waals surface area contributed by atoms with E-state index in [4.69, 9.17) is 0 Å². The van der Waals surface area contributed by atoms with Gasteiger partial charge in [-0.25, -0.2) is 0 Å². The lowest BCUT2D eigenvalue weighted by molar-refractivity contribution is -0.123. The zero-order valence-electron chi connectivity index (χ0n) is 15.0. The smallest absolute Gasteiger partial charge is 0.247 e. The summed E-state index contributed by atoms with van der Waals surface area (Å²) in [6.07, 6.45) is 2.15. The van der Waals surface area contributed by atoms with Gasteiger partial charge in [0, 0.05) is 17.8 Å². The van der Waals surface area contributed by atoms with Crippen LogP contribution >= 0.6 is 0 Å². The van der Waals surface area contributed by atoms with E-state index in [1.807, 2.05) is 56.3 Å². The summed E-state index contributed by atoms with van der Waals surface area (Å²) in [5.74, 6) is -0.156. The summed E-state index contributed by atoms with van der Waals surface area (Å²) in [6.45, 7) is 5.74. The van der Waals surface area contributed by atoms with Crippen molar-refractivity contribution in [2.75, 3.05) is 10.2 Å². The minimum Gasteiger partial charge on any atom is -0.324 e. The van der Waals surface area contributed by atoms with Crippen molar-refractivity contribution in [1.82, 2.24) is 0 Å². The number of nitrogens with one attached hydrogen (secondary N) is 1. The van der Waals surface area contributed by atoms with Crippen LogP contribution < -0.4 is 10.2 Å². The summed E-state index contributed by atoms with van der Waals surface area (Å²) in [4.78, 5) is 27.2. The molecule has 4 nitrogen and oxygen atoms in total. The molecule has 1 atom stereocenters. The van der Waals surface area contributed by atoms with Crippen LogP contribution in [0.1, 0.15) is 36.5 Å². The highest BCUT2D eigenvalue weighted by atomic mass is 16.2. The highest BCUT2D eigenvalue weighted by Gasteiger charge is 2.30. The van der Waals surface area contributed by atoms with Gasteiger partial charge < -0.3 is 5.32 Å². The first-order chi connectivity index (χ1) is 12.0. The van der Waals surface area contributed by atoms with Crippen LogP contribution in [0.5, 0.6) is 0 Å². The van der Waals surface area contributed by atoms with Crippen LogP contribution in [0, 0.1) is 13.8 Å². The Bertz CT molecular complexity index is 793. The Balaban J connectivity index is 1.90. The molecule has 3 rings (SSSR count). The van der Waals surface area contributed by atoms with Gasteiger partial charge in [-0.15, -0.1) is 0 Å². The quantitative estimate of drug-likeness (QED) is 0.921. The highest BCUT2D eigenvalue weighted by molar-refractivity contribution is 6.05. The number of para-hydroxylation sites is 2. The number of carbonyl (C=O) groups excluding carboxylic acids is 2. The molecule has 1 N–H and O–H groups in total. The molecule has 25 heavy (non-hydrogen) atoms. The molecule has 2 amide bonds. The fourth-order valence-electron chi connectivity index (χ4n) is 3.42. The maximum atomic E-state index is 12.9. The van der Waals surface area contributed by atoms with Crippen molar-refractivity contribution in [3.05, 3.63) is 59.2 Å². The molecular formula is C21H24N2O2. The van der Waals surface area contributed by atoms with Gasteiger partial charge in [-0.3, -0.25) is 14.5 Å². The molecule has 0 aliphatic carbocycles. The number of hydrogen-bond donors (Lipinski definition) is 1. The van der Waals surface area contributed by atoms with E-state index in [1.165, 1.54) is 0 Å².